The Morgan fingerprint density at radius 3 is 2.54 bits per heavy atom. The van der Waals surface area contributed by atoms with Crippen molar-refractivity contribution in [1.82, 2.24) is 14.7 Å². The molecule has 2 aromatic rings. The number of hydrogen-bond acceptors (Lipinski definition) is 5. The average molecular weight is 357 g/mol. The van der Waals surface area contributed by atoms with E-state index in [1.165, 1.54) is 10.7 Å². The molecule has 1 aliphatic heterocycles. The molecule has 0 bridgehead atoms. The quantitative estimate of drug-likeness (QED) is 0.818. The molecule has 0 spiro atoms. The van der Waals surface area contributed by atoms with Gasteiger partial charge < -0.3 is 14.4 Å². The third-order valence-corrected chi connectivity index (χ3v) is 4.54. The summed E-state index contributed by atoms with van der Waals surface area (Å²) in [6.07, 6.45) is 3.16. The Morgan fingerprint density at radius 1 is 1.08 bits per heavy atom. The first-order valence-electron chi connectivity index (χ1n) is 8.70. The highest BCUT2D eigenvalue weighted by Gasteiger charge is 2.18. The van der Waals surface area contributed by atoms with Crippen molar-refractivity contribution in [2.45, 2.75) is 25.8 Å². The van der Waals surface area contributed by atoms with Gasteiger partial charge in [0.05, 0.1) is 19.9 Å². The molecule has 138 valence electrons. The monoisotopic (exact) mass is 357 g/mol. The highest BCUT2D eigenvalue weighted by Crippen LogP contribution is 2.31. The van der Waals surface area contributed by atoms with Crippen molar-refractivity contribution in [2.75, 3.05) is 27.3 Å². The number of ether oxygens (including phenoxy) is 2. The summed E-state index contributed by atoms with van der Waals surface area (Å²) in [6, 6.07) is 8.41. The lowest BCUT2D eigenvalue weighted by molar-refractivity contribution is -0.133. The van der Waals surface area contributed by atoms with Gasteiger partial charge in [0.15, 0.2) is 0 Å². The molecule has 3 rings (SSSR count). The number of methoxy groups -OCH3 is 2. The molecule has 7 nitrogen and oxygen atoms in total. The van der Waals surface area contributed by atoms with E-state index >= 15 is 0 Å². The smallest absolute Gasteiger partial charge is 0.267 e. The topological polar surface area (TPSA) is 73.7 Å². The van der Waals surface area contributed by atoms with Crippen molar-refractivity contribution in [3.63, 3.8) is 0 Å². The molecule has 0 N–H and O–H groups in total. The first-order chi connectivity index (χ1) is 12.6. The first-order valence-corrected chi connectivity index (χ1v) is 8.70. The zero-order valence-corrected chi connectivity index (χ0v) is 15.1. The molecular formula is C19H23N3O4. The third-order valence-electron chi connectivity index (χ3n) is 4.54. The van der Waals surface area contributed by atoms with Crippen LogP contribution < -0.4 is 15.0 Å². The van der Waals surface area contributed by atoms with Crippen LogP contribution in [0.5, 0.6) is 11.5 Å². The molecule has 7 heteroatoms. The van der Waals surface area contributed by atoms with E-state index in [-0.39, 0.29) is 18.0 Å². The standard InChI is InChI=1S/C19H23N3O4/c1-25-14-6-8-17(26-2)15(12-14)16-7-9-18(23)22(20-16)13-19(24)21-10-4-3-5-11-21/h6-9,12H,3-5,10-11,13H2,1-2H3. The lowest BCUT2D eigenvalue weighted by Crippen LogP contribution is -2.40. The summed E-state index contributed by atoms with van der Waals surface area (Å²) >= 11 is 0. The zero-order chi connectivity index (χ0) is 18.5. The number of aromatic nitrogens is 2. The van der Waals surface area contributed by atoms with Crippen LogP contribution in [0.4, 0.5) is 0 Å². The normalized spacial score (nSPS) is 14.2. The van der Waals surface area contributed by atoms with Gasteiger partial charge in [-0.2, -0.15) is 5.10 Å². The van der Waals surface area contributed by atoms with Crippen molar-refractivity contribution >= 4 is 5.91 Å². The number of piperidine rings is 1. The second-order valence-electron chi connectivity index (χ2n) is 6.22. The molecule has 0 atom stereocenters. The number of rotatable bonds is 5. The van der Waals surface area contributed by atoms with Crippen LogP contribution in [-0.4, -0.2) is 47.9 Å². The maximum atomic E-state index is 12.5. The molecular weight excluding hydrogens is 334 g/mol. The summed E-state index contributed by atoms with van der Waals surface area (Å²) < 4.78 is 11.9. The lowest BCUT2D eigenvalue weighted by atomic mass is 10.1. The Labute approximate surface area is 152 Å². The minimum Gasteiger partial charge on any atom is -0.497 e. The number of carbonyl (C=O) groups excluding carboxylic acids is 1. The Kier molecular flexibility index (Phi) is 5.55. The summed E-state index contributed by atoms with van der Waals surface area (Å²) in [7, 11) is 3.15. The summed E-state index contributed by atoms with van der Waals surface area (Å²) in [4.78, 5) is 26.4. The second kappa shape index (κ2) is 8.03. The molecule has 1 aromatic carbocycles. The molecule has 0 radical (unpaired) electrons. The van der Waals surface area contributed by atoms with Gasteiger partial charge in [-0.3, -0.25) is 9.59 Å². The highest BCUT2D eigenvalue weighted by molar-refractivity contribution is 5.76. The molecule has 0 unspecified atom stereocenters. The van der Waals surface area contributed by atoms with Gasteiger partial charge in [-0.1, -0.05) is 0 Å². The fraction of sp³-hybridized carbons (Fsp3) is 0.421. The molecule has 1 saturated heterocycles. The van der Waals surface area contributed by atoms with E-state index in [4.69, 9.17) is 9.47 Å². The van der Waals surface area contributed by atoms with Crippen LogP contribution in [0.1, 0.15) is 19.3 Å². The summed E-state index contributed by atoms with van der Waals surface area (Å²) in [6.45, 7) is 1.44. The van der Waals surface area contributed by atoms with Crippen LogP contribution in [0.15, 0.2) is 35.1 Å². The van der Waals surface area contributed by atoms with Crippen molar-refractivity contribution in [3.05, 3.63) is 40.7 Å². The predicted octanol–water partition coefficient (Wildman–Crippen LogP) is 1.94. The highest BCUT2D eigenvalue weighted by atomic mass is 16.5. The van der Waals surface area contributed by atoms with Crippen molar-refractivity contribution in [1.29, 1.82) is 0 Å². The Hall–Kier alpha value is -2.83. The van der Waals surface area contributed by atoms with Crippen molar-refractivity contribution < 1.29 is 14.3 Å². The van der Waals surface area contributed by atoms with Gasteiger partial charge in [-0.15, -0.1) is 0 Å². The minimum atomic E-state index is -0.305. The summed E-state index contributed by atoms with van der Waals surface area (Å²) in [5.74, 6) is 1.20. The van der Waals surface area contributed by atoms with E-state index in [0.717, 1.165) is 32.4 Å². The van der Waals surface area contributed by atoms with E-state index in [1.807, 2.05) is 0 Å². The Morgan fingerprint density at radius 2 is 1.85 bits per heavy atom. The van der Waals surface area contributed by atoms with Gasteiger partial charge in [-0.05, 0) is 43.5 Å². The SMILES string of the molecule is COc1ccc(OC)c(-c2ccc(=O)n(CC(=O)N3CCCCC3)n2)c1. The summed E-state index contributed by atoms with van der Waals surface area (Å²) in [5, 5.41) is 4.38. The van der Waals surface area contributed by atoms with E-state index in [2.05, 4.69) is 5.10 Å². The minimum absolute atomic E-state index is 0.0566. The number of carbonyl (C=O) groups is 1. The molecule has 1 fully saturated rings. The van der Waals surface area contributed by atoms with Crippen LogP contribution >= 0.6 is 0 Å². The van der Waals surface area contributed by atoms with Gasteiger partial charge in [-0.25, -0.2) is 4.68 Å². The Balaban J connectivity index is 1.90. The van der Waals surface area contributed by atoms with Gasteiger partial charge >= 0.3 is 0 Å². The van der Waals surface area contributed by atoms with E-state index in [9.17, 15) is 9.59 Å². The molecule has 1 amide bonds. The predicted molar refractivity (Wildman–Crippen MR) is 97.5 cm³/mol. The van der Waals surface area contributed by atoms with Crippen molar-refractivity contribution in [3.8, 4) is 22.8 Å². The van der Waals surface area contributed by atoms with Gasteiger partial charge in [0.2, 0.25) is 5.91 Å². The zero-order valence-electron chi connectivity index (χ0n) is 15.1. The van der Waals surface area contributed by atoms with Crippen LogP contribution in [0.25, 0.3) is 11.3 Å². The second-order valence-corrected chi connectivity index (χ2v) is 6.22. The van der Waals surface area contributed by atoms with Gasteiger partial charge in [0.1, 0.15) is 18.0 Å². The number of likely N-dealkylation sites (tertiary alicyclic amines) is 1. The largest absolute Gasteiger partial charge is 0.497 e. The number of amides is 1. The third kappa shape index (κ3) is 3.87. The first kappa shape index (κ1) is 18.0. The van der Waals surface area contributed by atoms with E-state index < -0.39 is 0 Å². The van der Waals surface area contributed by atoms with E-state index in [1.54, 1.807) is 43.4 Å². The number of nitrogens with zero attached hydrogens (tertiary/aromatic N) is 3. The van der Waals surface area contributed by atoms with Gasteiger partial charge in [0.25, 0.3) is 5.56 Å². The molecule has 1 aromatic heterocycles. The Bertz CT molecular complexity index is 841. The lowest BCUT2D eigenvalue weighted by Gasteiger charge is -2.26. The summed E-state index contributed by atoms with van der Waals surface area (Å²) in [5.41, 5.74) is 0.943. The number of hydrogen-bond donors (Lipinski definition) is 0. The van der Waals surface area contributed by atoms with Crippen LogP contribution in [0, 0.1) is 0 Å². The van der Waals surface area contributed by atoms with Crippen LogP contribution in [0.2, 0.25) is 0 Å². The average Bonchev–Trinajstić information content (AvgIpc) is 2.69. The fourth-order valence-electron chi connectivity index (χ4n) is 3.09. The van der Waals surface area contributed by atoms with Crippen molar-refractivity contribution in [2.24, 2.45) is 0 Å². The van der Waals surface area contributed by atoms with Crippen LogP contribution in [0.3, 0.4) is 0 Å². The van der Waals surface area contributed by atoms with Gasteiger partial charge in [0, 0.05) is 24.7 Å². The molecule has 26 heavy (non-hydrogen) atoms. The molecule has 0 saturated carbocycles. The molecule has 2 heterocycles. The fourth-order valence-corrected chi connectivity index (χ4v) is 3.09. The maximum absolute atomic E-state index is 12.5. The number of benzene rings is 1. The molecule has 1 aliphatic rings. The van der Waals surface area contributed by atoms with Crippen LogP contribution in [-0.2, 0) is 11.3 Å². The molecule has 0 aliphatic carbocycles. The van der Waals surface area contributed by atoms with E-state index in [0.29, 0.717) is 22.8 Å². The maximum Gasteiger partial charge on any atom is 0.267 e.